The highest BCUT2D eigenvalue weighted by Crippen LogP contribution is 2.09. The molecule has 0 fully saturated rings. The fourth-order valence-electron chi connectivity index (χ4n) is 1.14. The molecule has 96 valence electrons. The van der Waals surface area contributed by atoms with Gasteiger partial charge in [0.15, 0.2) is 4.77 Å². The lowest BCUT2D eigenvalue weighted by atomic mass is 10.3. The lowest BCUT2D eigenvalue weighted by Crippen LogP contribution is -2.27. The van der Waals surface area contributed by atoms with E-state index >= 15 is 0 Å². The molecule has 0 amide bonds. The Morgan fingerprint density at radius 3 is 2.24 bits per heavy atom. The first-order valence-electron chi connectivity index (χ1n) is 7.65. The largest absolute Gasteiger partial charge is 0.342 e. The molecule has 0 radical (unpaired) electrons. The van der Waals surface area contributed by atoms with Crippen LogP contribution in [0, 0.1) is 9.54 Å². The summed E-state index contributed by atoms with van der Waals surface area (Å²) in [6.07, 6.45) is 1.49. The summed E-state index contributed by atoms with van der Waals surface area (Å²) >= 11 is 9.95. The maximum Gasteiger partial charge on any atom is 0.207 e. The molecule has 6 heteroatoms. The lowest BCUT2D eigenvalue weighted by molar-refractivity contribution is 0.659. The van der Waals surface area contributed by atoms with Crippen molar-refractivity contribution in [2.75, 3.05) is 17.9 Å². The van der Waals surface area contributed by atoms with Crippen LogP contribution < -0.4 is 4.90 Å². The minimum absolute atomic E-state index is 0.0145. The van der Waals surface area contributed by atoms with Crippen LogP contribution in [-0.2, 0) is 0 Å². The third-order valence-corrected chi connectivity index (χ3v) is 2.30. The Morgan fingerprint density at radius 2 is 1.76 bits per heavy atom. The molecule has 0 saturated carbocycles. The van der Waals surface area contributed by atoms with Crippen LogP contribution >= 0.6 is 24.4 Å². The fourth-order valence-corrected chi connectivity index (χ4v) is 1.58. The predicted molar refractivity (Wildman–Crippen MR) is 76.6 cm³/mol. The molecule has 0 aliphatic heterocycles. The zero-order chi connectivity index (χ0) is 16.3. The average molecular weight is 276 g/mol. The van der Waals surface area contributed by atoms with Crippen molar-refractivity contribution in [3.63, 3.8) is 0 Å². The van der Waals surface area contributed by atoms with Gasteiger partial charge in [0, 0.05) is 18.5 Å². The van der Waals surface area contributed by atoms with Crippen molar-refractivity contribution in [1.82, 2.24) is 15.0 Å². The molecule has 0 aromatic carbocycles. The molecule has 0 bridgehead atoms. The number of H-pyrrole nitrogens is 2. The quantitative estimate of drug-likeness (QED) is 0.747. The molecular weight excluding hydrogens is 252 g/mol. The number of hydrogen-bond donors (Lipinski definition) is 2. The maximum atomic E-state index is 8.21. The van der Waals surface area contributed by atoms with Gasteiger partial charge >= 0.3 is 0 Å². The van der Waals surface area contributed by atoms with E-state index < -0.39 is 13.0 Å². The fraction of sp³-hybridized carbons (Fsp3) is 0.727. The Labute approximate surface area is 118 Å². The first-order valence-corrected chi connectivity index (χ1v) is 6.46. The van der Waals surface area contributed by atoms with Gasteiger partial charge in [-0.05, 0) is 37.3 Å². The van der Waals surface area contributed by atoms with Gasteiger partial charge in [-0.25, -0.2) is 0 Å². The Hall–Kier alpha value is -0.750. The summed E-state index contributed by atoms with van der Waals surface area (Å²) < 4.78 is 33.1. The van der Waals surface area contributed by atoms with E-state index in [0.717, 1.165) is 4.90 Å². The smallest absolute Gasteiger partial charge is 0.207 e. The molecule has 4 nitrogen and oxygen atoms in total. The summed E-state index contributed by atoms with van der Waals surface area (Å²) in [5.74, 6) is 0.0145. The third-order valence-electron chi connectivity index (χ3n) is 1.90. The molecule has 1 heterocycles. The number of nitrogens with one attached hydrogen (secondary N) is 2. The van der Waals surface area contributed by atoms with Crippen molar-refractivity contribution in [3.05, 3.63) is 9.54 Å². The normalized spacial score (nSPS) is 15.6. The molecule has 0 aliphatic carbocycles. The zero-order valence-electron chi connectivity index (χ0n) is 14.0. The summed E-state index contributed by atoms with van der Waals surface area (Å²) in [4.78, 5) is 10.4. The molecule has 0 spiro atoms. The molecule has 0 atom stereocenters. The topological polar surface area (TPSA) is 47.7 Å². The lowest BCUT2D eigenvalue weighted by Gasteiger charge is -2.22. The zero-order valence-corrected chi connectivity index (χ0v) is 11.7. The second-order valence-corrected chi connectivity index (χ2v) is 4.27. The molecule has 1 aromatic rings. The van der Waals surface area contributed by atoms with Gasteiger partial charge in [0.05, 0.1) is 0 Å². The number of hydrogen-bond acceptors (Lipinski definition) is 4. The predicted octanol–water partition coefficient (Wildman–Crippen LogP) is 3.60. The monoisotopic (exact) mass is 276 g/mol. The van der Waals surface area contributed by atoms with Gasteiger partial charge in [0.1, 0.15) is 0 Å². The van der Waals surface area contributed by atoms with Crippen molar-refractivity contribution in [1.29, 1.82) is 0 Å². The van der Waals surface area contributed by atoms with Crippen LogP contribution in [0.4, 0.5) is 5.95 Å². The first kappa shape index (κ1) is 9.22. The van der Waals surface area contributed by atoms with E-state index in [-0.39, 0.29) is 28.3 Å². The Bertz CT molecular complexity index is 538. The van der Waals surface area contributed by atoms with E-state index in [1.807, 2.05) is 13.8 Å². The van der Waals surface area contributed by atoms with Crippen LogP contribution in [0.2, 0.25) is 0 Å². The molecule has 1 rings (SSSR count). The standard InChI is InChI=1S/C11H20N4S2/c1-3-5-7-15(8-6-4-2)9-12-10(16)14-11(17)13-9/h3-8H2,1-2H3,(H2,12,13,14,16,17)/i7D2,8D2. The molecule has 0 saturated heterocycles. The van der Waals surface area contributed by atoms with Crippen LogP contribution in [-0.4, -0.2) is 27.9 Å². The minimum atomic E-state index is -1.90. The van der Waals surface area contributed by atoms with Crippen LogP contribution in [0.5, 0.6) is 0 Å². The number of rotatable bonds is 7. The highest BCUT2D eigenvalue weighted by molar-refractivity contribution is 7.71. The molecular formula is C11H20N4S2. The molecule has 1 aromatic heterocycles. The number of nitrogens with zero attached hydrogens (tertiary/aromatic N) is 2. The Balaban J connectivity index is 3.44. The van der Waals surface area contributed by atoms with E-state index in [1.54, 1.807) is 0 Å². The van der Waals surface area contributed by atoms with Gasteiger partial charge in [-0.1, -0.05) is 26.7 Å². The number of anilines is 1. The first-order chi connectivity index (χ1) is 9.64. The van der Waals surface area contributed by atoms with Crippen molar-refractivity contribution in [3.8, 4) is 0 Å². The van der Waals surface area contributed by atoms with Crippen LogP contribution in [0.3, 0.4) is 0 Å². The van der Waals surface area contributed by atoms with Gasteiger partial charge < -0.3 is 14.9 Å². The second kappa shape index (κ2) is 7.55. The van der Waals surface area contributed by atoms with E-state index in [9.17, 15) is 0 Å². The average Bonchev–Trinajstić information content (AvgIpc) is 2.25. The van der Waals surface area contributed by atoms with Crippen LogP contribution in [0.25, 0.3) is 0 Å². The van der Waals surface area contributed by atoms with Crippen LogP contribution in [0.1, 0.15) is 45.0 Å². The van der Waals surface area contributed by atoms with Gasteiger partial charge in [-0.3, -0.25) is 0 Å². The molecule has 0 unspecified atom stereocenters. The van der Waals surface area contributed by atoms with Crippen molar-refractivity contribution in [2.45, 2.75) is 39.5 Å². The summed E-state index contributed by atoms with van der Waals surface area (Å²) in [7, 11) is 0. The van der Waals surface area contributed by atoms with Gasteiger partial charge in [0.2, 0.25) is 10.7 Å². The third kappa shape index (κ3) is 4.95. The van der Waals surface area contributed by atoms with Crippen LogP contribution in [0.15, 0.2) is 0 Å². The molecule has 17 heavy (non-hydrogen) atoms. The van der Waals surface area contributed by atoms with Crippen molar-refractivity contribution in [2.24, 2.45) is 0 Å². The van der Waals surface area contributed by atoms with E-state index in [0.29, 0.717) is 12.8 Å². The highest BCUT2D eigenvalue weighted by Gasteiger charge is 2.07. The van der Waals surface area contributed by atoms with E-state index in [2.05, 4.69) is 15.0 Å². The summed E-state index contributed by atoms with van der Waals surface area (Å²) in [5, 5.41) is 0. The van der Waals surface area contributed by atoms with Gasteiger partial charge in [0.25, 0.3) is 0 Å². The maximum absolute atomic E-state index is 8.21. The minimum Gasteiger partial charge on any atom is -0.342 e. The van der Waals surface area contributed by atoms with Crippen molar-refractivity contribution >= 4 is 30.4 Å². The summed E-state index contributed by atoms with van der Waals surface area (Å²) in [6, 6.07) is 0. The Kier molecular flexibility index (Phi) is 4.09. The number of aromatic nitrogens is 3. The van der Waals surface area contributed by atoms with Gasteiger partial charge in [-0.2, -0.15) is 4.98 Å². The van der Waals surface area contributed by atoms with Crippen molar-refractivity contribution < 1.29 is 5.48 Å². The summed E-state index contributed by atoms with van der Waals surface area (Å²) in [6.45, 7) is -0.111. The van der Waals surface area contributed by atoms with E-state index in [4.69, 9.17) is 29.9 Å². The summed E-state index contributed by atoms with van der Waals surface area (Å²) in [5.41, 5.74) is 0. The Morgan fingerprint density at radius 1 is 1.18 bits per heavy atom. The molecule has 0 aliphatic rings. The highest BCUT2D eigenvalue weighted by atomic mass is 32.1. The number of aromatic amines is 2. The van der Waals surface area contributed by atoms with E-state index in [1.165, 1.54) is 0 Å². The molecule has 2 N–H and O–H groups in total. The van der Waals surface area contributed by atoms with Gasteiger partial charge in [-0.15, -0.1) is 0 Å². The second-order valence-electron chi connectivity index (χ2n) is 3.47. The SMILES string of the molecule is [2H]C([2H])(CCC)N(c1nc(=S)[nH]c(=S)[nH]1)C([2H])([2H])CCC.